The van der Waals surface area contributed by atoms with Crippen LogP contribution in [0.1, 0.15) is 342 Å². The van der Waals surface area contributed by atoms with Gasteiger partial charge in [0, 0.05) is 19.3 Å². The summed E-state index contributed by atoms with van der Waals surface area (Å²) in [6.07, 6.45) is 84.9. The average molecular weight is 1080 g/mol. The molecule has 1 atom stereocenters. The highest BCUT2D eigenvalue weighted by atomic mass is 16.6. The molecule has 0 aromatic heterocycles. The molecule has 0 heterocycles. The fraction of sp³-hybridized carbons (Fsp3) is 0.789. The topological polar surface area (TPSA) is 78.9 Å². The lowest BCUT2D eigenvalue weighted by Crippen LogP contribution is -2.30. The first-order valence-electron chi connectivity index (χ1n) is 33.4. The third kappa shape index (κ3) is 63.6. The van der Waals surface area contributed by atoms with Crippen molar-refractivity contribution in [1.29, 1.82) is 0 Å². The fourth-order valence-corrected chi connectivity index (χ4v) is 9.69. The zero-order chi connectivity index (χ0) is 55.7. The number of unbranched alkanes of at least 4 members (excludes halogenated alkanes) is 38. The molecule has 0 aliphatic heterocycles. The van der Waals surface area contributed by atoms with Crippen LogP contribution in [-0.2, 0) is 28.6 Å². The molecular weight excluding hydrogens is 949 g/mol. The van der Waals surface area contributed by atoms with Gasteiger partial charge in [-0.3, -0.25) is 14.4 Å². The normalized spacial score (nSPS) is 12.5. The van der Waals surface area contributed by atoms with Gasteiger partial charge in [-0.1, -0.05) is 312 Å². The van der Waals surface area contributed by atoms with Gasteiger partial charge in [0.1, 0.15) is 13.2 Å². The first-order valence-corrected chi connectivity index (χ1v) is 33.4. The predicted octanol–water partition coefficient (Wildman–Crippen LogP) is 22.9. The Kier molecular flexibility index (Phi) is 62.7. The molecule has 0 saturated carbocycles. The summed E-state index contributed by atoms with van der Waals surface area (Å²) in [5.41, 5.74) is 0. The van der Waals surface area contributed by atoms with Gasteiger partial charge in [0.2, 0.25) is 0 Å². The molecule has 0 fully saturated rings. The van der Waals surface area contributed by atoms with E-state index < -0.39 is 6.10 Å². The Balaban J connectivity index is 4.23. The van der Waals surface area contributed by atoms with Crippen LogP contribution in [0.3, 0.4) is 0 Å². The summed E-state index contributed by atoms with van der Waals surface area (Å²) in [5, 5.41) is 0. The van der Waals surface area contributed by atoms with Crippen LogP contribution >= 0.6 is 0 Å². The van der Waals surface area contributed by atoms with Crippen LogP contribution in [0.5, 0.6) is 0 Å². The van der Waals surface area contributed by atoms with E-state index in [0.717, 1.165) is 96.3 Å². The monoisotopic (exact) mass is 1070 g/mol. The van der Waals surface area contributed by atoms with Crippen molar-refractivity contribution in [2.24, 2.45) is 0 Å². The summed E-state index contributed by atoms with van der Waals surface area (Å²) < 4.78 is 16.9. The molecule has 0 aliphatic rings. The van der Waals surface area contributed by atoms with Gasteiger partial charge >= 0.3 is 17.9 Å². The van der Waals surface area contributed by atoms with E-state index >= 15 is 0 Å². The van der Waals surface area contributed by atoms with E-state index in [4.69, 9.17) is 14.2 Å². The second-order valence-electron chi connectivity index (χ2n) is 22.4. The van der Waals surface area contributed by atoms with Crippen molar-refractivity contribution in [3.05, 3.63) is 72.9 Å². The van der Waals surface area contributed by atoms with E-state index in [-0.39, 0.29) is 31.1 Å². The highest BCUT2D eigenvalue weighted by molar-refractivity contribution is 5.71. The number of carbonyl (C=O) groups is 3. The Labute approximate surface area is 478 Å². The van der Waals surface area contributed by atoms with E-state index in [2.05, 4.69) is 93.7 Å². The first-order chi connectivity index (χ1) is 38.0. The van der Waals surface area contributed by atoms with Crippen molar-refractivity contribution in [1.82, 2.24) is 0 Å². The van der Waals surface area contributed by atoms with E-state index in [0.29, 0.717) is 19.3 Å². The quantitative estimate of drug-likeness (QED) is 0.0261. The Morgan fingerprint density at radius 1 is 0.273 bits per heavy atom. The fourth-order valence-electron chi connectivity index (χ4n) is 9.69. The summed E-state index contributed by atoms with van der Waals surface area (Å²) in [4.78, 5) is 38.3. The zero-order valence-electron chi connectivity index (χ0n) is 51.2. The lowest BCUT2D eigenvalue weighted by atomic mass is 10.0. The largest absolute Gasteiger partial charge is 0.462 e. The summed E-state index contributed by atoms with van der Waals surface area (Å²) in [6.45, 7) is 6.53. The van der Waals surface area contributed by atoms with Gasteiger partial charge in [-0.2, -0.15) is 0 Å². The molecule has 0 aromatic carbocycles. The van der Waals surface area contributed by atoms with Crippen LogP contribution in [0.4, 0.5) is 0 Å². The minimum atomic E-state index is -0.778. The molecular formula is C71H126O6. The van der Waals surface area contributed by atoms with Crippen LogP contribution in [-0.4, -0.2) is 37.2 Å². The van der Waals surface area contributed by atoms with Gasteiger partial charge in [-0.05, 0) is 83.5 Å². The van der Waals surface area contributed by atoms with Crippen molar-refractivity contribution < 1.29 is 28.6 Å². The predicted molar refractivity (Wildman–Crippen MR) is 335 cm³/mol. The Hall–Kier alpha value is -3.15. The van der Waals surface area contributed by atoms with Crippen LogP contribution in [0.15, 0.2) is 72.9 Å². The molecule has 1 unspecified atom stereocenters. The van der Waals surface area contributed by atoms with E-state index in [9.17, 15) is 14.4 Å². The first kappa shape index (κ1) is 73.8. The molecule has 0 radical (unpaired) electrons. The molecule has 0 N–H and O–H groups in total. The standard InChI is InChI=1S/C71H126O6/c1-4-7-10-13-16-19-22-24-26-28-30-32-33-34-35-36-37-39-40-42-44-46-49-52-55-58-61-64-70(73)76-67-68(66-75-69(72)63-60-57-54-51-48-21-18-15-12-9-6-3)77-71(74)65-62-59-56-53-50-47-45-43-41-38-31-29-27-25-23-20-17-14-11-8-5-2/h7,10,15-16,18-19,24,26,30,32,34-35,68H,4-6,8-9,11-14,17,20-23,25,27-29,31,33,36-67H2,1-3H3/b10-7-,18-15-,19-16-,26-24-,32-30-,35-34-. The molecule has 0 spiro atoms. The smallest absolute Gasteiger partial charge is 0.306 e. The van der Waals surface area contributed by atoms with Crippen molar-refractivity contribution in [3.8, 4) is 0 Å². The van der Waals surface area contributed by atoms with Gasteiger partial charge in [0.25, 0.3) is 0 Å². The molecule has 0 amide bonds. The van der Waals surface area contributed by atoms with Gasteiger partial charge in [-0.25, -0.2) is 0 Å². The van der Waals surface area contributed by atoms with Crippen LogP contribution < -0.4 is 0 Å². The van der Waals surface area contributed by atoms with Crippen LogP contribution in [0.25, 0.3) is 0 Å². The minimum Gasteiger partial charge on any atom is -0.462 e. The molecule has 446 valence electrons. The van der Waals surface area contributed by atoms with Crippen molar-refractivity contribution in [2.45, 2.75) is 348 Å². The SMILES string of the molecule is CC/C=C\C/C=C\C/C=C\C/C=C\C/C=C\CCCCCCCCCCCCCC(=O)OCC(COC(=O)CCCCCCC/C=C\CCCC)OC(=O)CCCCCCCCCCCCCCCCCCCCCCC. The summed E-state index contributed by atoms with van der Waals surface area (Å²) >= 11 is 0. The lowest BCUT2D eigenvalue weighted by Gasteiger charge is -2.18. The third-order valence-corrected chi connectivity index (χ3v) is 14.7. The average Bonchev–Trinajstić information content (AvgIpc) is 3.43. The van der Waals surface area contributed by atoms with Crippen LogP contribution in [0, 0.1) is 0 Å². The molecule has 0 aliphatic carbocycles. The summed E-state index contributed by atoms with van der Waals surface area (Å²) in [5.74, 6) is -0.870. The second kappa shape index (κ2) is 65.4. The summed E-state index contributed by atoms with van der Waals surface area (Å²) in [7, 11) is 0. The van der Waals surface area contributed by atoms with Gasteiger partial charge in [-0.15, -0.1) is 0 Å². The minimum absolute atomic E-state index is 0.0760. The Morgan fingerprint density at radius 3 is 0.844 bits per heavy atom. The molecule has 0 aromatic rings. The molecule has 6 nitrogen and oxygen atoms in total. The maximum atomic E-state index is 12.9. The number of rotatable bonds is 61. The van der Waals surface area contributed by atoms with Gasteiger partial charge in [0.05, 0.1) is 0 Å². The number of carbonyl (C=O) groups excluding carboxylic acids is 3. The Morgan fingerprint density at radius 2 is 0.519 bits per heavy atom. The molecule has 0 saturated heterocycles. The maximum absolute atomic E-state index is 12.9. The van der Waals surface area contributed by atoms with Gasteiger partial charge < -0.3 is 14.2 Å². The highest BCUT2D eigenvalue weighted by Gasteiger charge is 2.19. The van der Waals surface area contributed by atoms with Gasteiger partial charge in [0.15, 0.2) is 6.10 Å². The van der Waals surface area contributed by atoms with E-state index in [1.165, 1.54) is 205 Å². The van der Waals surface area contributed by atoms with Crippen molar-refractivity contribution >= 4 is 17.9 Å². The molecule has 77 heavy (non-hydrogen) atoms. The summed E-state index contributed by atoms with van der Waals surface area (Å²) in [6, 6.07) is 0. The number of ether oxygens (including phenoxy) is 3. The van der Waals surface area contributed by atoms with E-state index in [1.54, 1.807) is 0 Å². The molecule has 6 heteroatoms. The van der Waals surface area contributed by atoms with Crippen molar-refractivity contribution in [3.63, 3.8) is 0 Å². The molecule has 0 rings (SSSR count). The second-order valence-corrected chi connectivity index (χ2v) is 22.4. The van der Waals surface area contributed by atoms with E-state index in [1.807, 2.05) is 0 Å². The number of hydrogen-bond donors (Lipinski definition) is 0. The van der Waals surface area contributed by atoms with Crippen molar-refractivity contribution in [2.75, 3.05) is 13.2 Å². The Bertz CT molecular complexity index is 1420. The molecule has 0 bridgehead atoms. The maximum Gasteiger partial charge on any atom is 0.306 e. The number of esters is 3. The van der Waals surface area contributed by atoms with Crippen LogP contribution in [0.2, 0.25) is 0 Å². The highest BCUT2D eigenvalue weighted by Crippen LogP contribution is 2.18. The number of allylic oxidation sites excluding steroid dienone is 12. The number of hydrogen-bond acceptors (Lipinski definition) is 6. The third-order valence-electron chi connectivity index (χ3n) is 14.7. The zero-order valence-corrected chi connectivity index (χ0v) is 51.2. The lowest BCUT2D eigenvalue weighted by molar-refractivity contribution is -0.167.